The van der Waals surface area contributed by atoms with E-state index in [2.05, 4.69) is 25.3 Å². The largest absolute Gasteiger partial charge is 0.357 e. The van der Waals surface area contributed by atoms with Crippen molar-refractivity contribution in [3.05, 3.63) is 12.4 Å². The van der Waals surface area contributed by atoms with E-state index in [1.54, 1.807) is 7.05 Å². The van der Waals surface area contributed by atoms with Gasteiger partial charge < -0.3 is 10.6 Å². The van der Waals surface area contributed by atoms with Crippen LogP contribution >= 0.6 is 0 Å². The summed E-state index contributed by atoms with van der Waals surface area (Å²) in [7, 11) is -2.18. The topological polar surface area (TPSA) is 113 Å². The highest BCUT2D eigenvalue weighted by molar-refractivity contribution is 7.89. The molecule has 0 spiro atoms. The molecule has 8 nitrogen and oxygen atoms in total. The third kappa shape index (κ3) is 5.10. The maximum atomic E-state index is 11.9. The second kappa shape index (κ2) is 6.14. The molecule has 1 rings (SSSR count). The first-order valence-corrected chi connectivity index (χ1v) is 7.43. The van der Waals surface area contributed by atoms with E-state index in [0.29, 0.717) is 5.95 Å². The van der Waals surface area contributed by atoms with Gasteiger partial charge in [0.05, 0.1) is 18.9 Å². The van der Waals surface area contributed by atoms with Crippen molar-refractivity contribution in [3.63, 3.8) is 0 Å². The van der Waals surface area contributed by atoms with Gasteiger partial charge in [0, 0.05) is 12.6 Å². The zero-order valence-corrected chi connectivity index (χ0v) is 12.7. The van der Waals surface area contributed by atoms with Crippen LogP contribution in [0.3, 0.4) is 0 Å². The highest BCUT2D eigenvalue weighted by atomic mass is 32.2. The van der Waals surface area contributed by atoms with Crippen molar-refractivity contribution < 1.29 is 13.2 Å². The van der Waals surface area contributed by atoms with E-state index >= 15 is 0 Å². The van der Waals surface area contributed by atoms with Gasteiger partial charge in [0.2, 0.25) is 21.9 Å². The van der Waals surface area contributed by atoms with Crippen LogP contribution in [0.4, 0.5) is 5.95 Å². The molecule has 0 fully saturated rings. The molecule has 0 bridgehead atoms. The van der Waals surface area contributed by atoms with Crippen LogP contribution in [0.15, 0.2) is 17.3 Å². The van der Waals surface area contributed by atoms with Gasteiger partial charge in [-0.3, -0.25) is 4.79 Å². The number of carbonyl (C=O) groups excluding carboxylic acids is 1. The number of rotatable bonds is 5. The van der Waals surface area contributed by atoms with E-state index in [-0.39, 0.29) is 11.4 Å². The first-order chi connectivity index (χ1) is 9.14. The average molecular weight is 301 g/mol. The minimum atomic E-state index is -3.80. The fraction of sp³-hybridized carbons (Fsp3) is 0.545. The summed E-state index contributed by atoms with van der Waals surface area (Å²) in [4.78, 5) is 19.1. The Morgan fingerprint density at radius 1 is 1.25 bits per heavy atom. The number of aromatic nitrogens is 2. The van der Waals surface area contributed by atoms with Gasteiger partial charge in [-0.2, -0.15) is 0 Å². The van der Waals surface area contributed by atoms with E-state index in [1.807, 2.05) is 20.8 Å². The molecule has 0 aliphatic heterocycles. The van der Waals surface area contributed by atoms with E-state index in [1.165, 1.54) is 12.4 Å². The van der Waals surface area contributed by atoms with E-state index in [0.717, 1.165) is 0 Å². The smallest absolute Gasteiger partial charge is 0.244 e. The molecule has 1 aromatic rings. The third-order valence-electron chi connectivity index (χ3n) is 2.10. The molecule has 1 heterocycles. The van der Waals surface area contributed by atoms with Crippen LogP contribution in [0.1, 0.15) is 20.8 Å². The van der Waals surface area contributed by atoms with Crippen molar-refractivity contribution in [2.24, 2.45) is 0 Å². The standard InChI is InChI=1S/C11H19N5O3S/c1-11(2,3)16-9(17)7-15-20(18,19)8-5-13-10(12-4)14-6-8/h5-6,15H,7H2,1-4H3,(H,16,17)(H,12,13,14). The molecule has 112 valence electrons. The Bertz CT molecular complexity index is 563. The lowest BCUT2D eigenvalue weighted by Crippen LogP contribution is -2.45. The van der Waals surface area contributed by atoms with Crippen LogP contribution < -0.4 is 15.4 Å². The molecule has 0 unspecified atom stereocenters. The molecule has 0 aliphatic rings. The van der Waals surface area contributed by atoms with Crippen LogP contribution in [0.5, 0.6) is 0 Å². The number of amides is 1. The maximum Gasteiger partial charge on any atom is 0.244 e. The fourth-order valence-corrected chi connectivity index (χ4v) is 2.16. The second-order valence-electron chi connectivity index (χ2n) is 5.12. The van der Waals surface area contributed by atoms with Crippen molar-refractivity contribution in [1.82, 2.24) is 20.0 Å². The molecule has 1 amide bonds. The van der Waals surface area contributed by atoms with Crippen molar-refractivity contribution >= 4 is 21.9 Å². The van der Waals surface area contributed by atoms with E-state index < -0.39 is 21.5 Å². The van der Waals surface area contributed by atoms with Crippen molar-refractivity contribution in [3.8, 4) is 0 Å². The molecular weight excluding hydrogens is 282 g/mol. The minimum Gasteiger partial charge on any atom is -0.357 e. The normalized spacial score (nSPS) is 12.0. The van der Waals surface area contributed by atoms with Crippen molar-refractivity contribution in [2.75, 3.05) is 18.9 Å². The summed E-state index contributed by atoms with van der Waals surface area (Å²) in [6.45, 7) is 5.09. The van der Waals surface area contributed by atoms with Crippen LogP contribution in [-0.2, 0) is 14.8 Å². The molecule has 1 aromatic heterocycles. The molecule has 0 aliphatic carbocycles. The molecule has 20 heavy (non-hydrogen) atoms. The Labute approximate surface area is 118 Å². The van der Waals surface area contributed by atoms with Gasteiger partial charge in [-0.05, 0) is 20.8 Å². The summed E-state index contributed by atoms with van der Waals surface area (Å²) < 4.78 is 26.0. The first kappa shape index (κ1) is 16.3. The highest BCUT2D eigenvalue weighted by Gasteiger charge is 2.19. The SMILES string of the molecule is CNc1ncc(S(=O)(=O)NCC(=O)NC(C)(C)C)cn1. The lowest BCUT2D eigenvalue weighted by molar-refractivity contribution is -0.121. The van der Waals surface area contributed by atoms with Gasteiger partial charge >= 0.3 is 0 Å². The number of hydrogen-bond donors (Lipinski definition) is 3. The second-order valence-corrected chi connectivity index (χ2v) is 6.88. The summed E-state index contributed by atoms with van der Waals surface area (Å²) in [5.74, 6) is -0.0942. The number of nitrogens with zero attached hydrogens (tertiary/aromatic N) is 2. The first-order valence-electron chi connectivity index (χ1n) is 5.94. The fourth-order valence-electron chi connectivity index (χ4n) is 1.29. The Morgan fingerprint density at radius 2 is 1.80 bits per heavy atom. The van der Waals surface area contributed by atoms with Gasteiger partial charge in [0.15, 0.2) is 0 Å². The van der Waals surface area contributed by atoms with E-state index in [4.69, 9.17) is 0 Å². The Hall–Kier alpha value is -1.74. The van der Waals surface area contributed by atoms with Crippen molar-refractivity contribution in [2.45, 2.75) is 31.2 Å². The number of carbonyl (C=O) groups is 1. The quantitative estimate of drug-likeness (QED) is 0.689. The Morgan fingerprint density at radius 3 is 2.25 bits per heavy atom. The summed E-state index contributed by atoms with van der Waals surface area (Å²) >= 11 is 0. The molecule has 0 aromatic carbocycles. The Balaban J connectivity index is 2.68. The average Bonchev–Trinajstić information content (AvgIpc) is 2.35. The molecule has 0 radical (unpaired) electrons. The van der Waals surface area contributed by atoms with Gasteiger partial charge in [-0.1, -0.05) is 0 Å². The van der Waals surface area contributed by atoms with Crippen LogP contribution in [0.2, 0.25) is 0 Å². The summed E-state index contributed by atoms with van der Waals surface area (Å²) in [5.41, 5.74) is -0.417. The number of sulfonamides is 1. The minimum absolute atomic E-state index is 0.0972. The predicted octanol–water partition coefficient (Wildman–Crippen LogP) is -0.289. The lowest BCUT2D eigenvalue weighted by atomic mass is 10.1. The maximum absolute atomic E-state index is 11.9. The van der Waals surface area contributed by atoms with Crippen LogP contribution in [-0.4, -0.2) is 43.4 Å². The van der Waals surface area contributed by atoms with Crippen molar-refractivity contribution in [1.29, 1.82) is 0 Å². The highest BCUT2D eigenvalue weighted by Crippen LogP contribution is 2.06. The molecule has 0 saturated heterocycles. The molecule has 0 atom stereocenters. The number of nitrogens with one attached hydrogen (secondary N) is 3. The summed E-state index contributed by atoms with van der Waals surface area (Å²) in [5, 5.41) is 5.33. The van der Waals surface area contributed by atoms with Gasteiger partial charge in [-0.25, -0.2) is 23.1 Å². The van der Waals surface area contributed by atoms with Crippen LogP contribution in [0, 0.1) is 0 Å². The van der Waals surface area contributed by atoms with Gasteiger partial charge in [-0.15, -0.1) is 0 Å². The third-order valence-corrected chi connectivity index (χ3v) is 3.46. The van der Waals surface area contributed by atoms with Gasteiger partial charge in [0.1, 0.15) is 4.90 Å². The summed E-state index contributed by atoms with van der Waals surface area (Å²) in [6, 6.07) is 0. The Kier molecular flexibility index (Phi) is 5.01. The zero-order chi connectivity index (χ0) is 15.4. The monoisotopic (exact) mass is 301 g/mol. The molecule has 3 N–H and O–H groups in total. The number of anilines is 1. The summed E-state index contributed by atoms with van der Waals surface area (Å²) in [6.07, 6.45) is 2.34. The van der Waals surface area contributed by atoms with E-state index in [9.17, 15) is 13.2 Å². The van der Waals surface area contributed by atoms with Crippen LogP contribution in [0.25, 0.3) is 0 Å². The zero-order valence-electron chi connectivity index (χ0n) is 11.9. The molecule has 9 heteroatoms. The predicted molar refractivity (Wildman–Crippen MR) is 74.7 cm³/mol. The lowest BCUT2D eigenvalue weighted by Gasteiger charge is -2.20. The molecule has 0 saturated carbocycles. The molecular formula is C11H19N5O3S. The van der Waals surface area contributed by atoms with Gasteiger partial charge in [0.25, 0.3) is 0 Å². The number of hydrogen-bond acceptors (Lipinski definition) is 6.